The number of amides is 1. The average Bonchev–Trinajstić information content (AvgIpc) is 3.33. The van der Waals surface area contributed by atoms with E-state index >= 15 is 0 Å². The van der Waals surface area contributed by atoms with Crippen molar-refractivity contribution in [3.05, 3.63) is 48.6 Å². The molecule has 0 heterocycles. The Balaban J connectivity index is 3.46. The molecule has 0 saturated heterocycles. The lowest BCUT2D eigenvalue weighted by Gasteiger charge is -2.20. The zero-order valence-electron chi connectivity index (χ0n) is 44.6. The molecule has 0 radical (unpaired) electrons. The topological polar surface area (TPSA) is 95.9 Å². The van der Waals surface area contributed by atoms with E-state index in [0.717, 1.165) is 57.8 Å². The largest absolute Gasteiger partial charge is 0.466 e. The van der Waals surface area contributed by atoms with Crippen LogP contribution >= 0.6 is 0 Å². The van der Waals surface area contributed by atoms with Crippen LogP contribution in [-0.4, -0.2) is 47.4 Å². The van der Waals surface area contributed by atoms with Gasteiger partial charge in [-0.2, -0.15) is 0 Å². The van der Waals surface area contributed by atoms with Crippen molar-refractivity contribution in [1.29, 1.82) is 0 Å². The molecule has 1 amide bonds. The second-order valence-corrected chi connectivity index (χ2v) is 20.0. The van der Waals surface area contributed by atoms with E-state index in [-0.39, 0.29) is 18.5 Å². The molecule has 67 heavy (non-hydrogen) atoms. The summed E-state index contributed by atoms with van der Waals surface area (Å²) in [6, 6.07) is -0.635. The summed E-state index contributed by atoms with van der Waals surface area (Å²) < 4.78 is 5.47. The molecule has 6 nitrogen and oxygen atoms in total. The summed E-state index contributed by atoms with van der Waals surface area (Å²) in [5.41, 5.74) is 0. The van der Waals surface area contributed by atoms with Crippen LogP contribution in [0.2, 0.25) is 0 Å². The summed E-state index contributed by atoms with van der Waals surface area (Å²) in [5.74, 6) is -0.0857. The third-order valence-electron chi connectivity index (χ3n) is 13.3. The van der Waals surface area contributed by atoms with Gasteiger partial charge in [0.25, 0.3) is 0 Å². The lowest BCUT2D eigenvalue weighted by Crippen LogP contribution is -2.45. The molecule has 0 aliphatic carbocycles. The Morgan fingerprint density at radius 2 is 0.746 bits per heavy atom. The summed E-state index contributed by atoms with van der Waals surface area (Å²) in [6.07, 6.45) is 71.3. The number of unbranched alkanes of at least 4 members (excludes halogenated alkanes) is 37. The van der Waals surface area contributed by atoms with Gasteiger partial charge in [0.2, 0.25) is 5.91 Å². The molecular formula is C61H113NO5. The maximum atomic E-state index is 12.4. The van der Waals surface area contributed by atoms with Crippen LogP contribution < -0.4 is 5.32 Å². The average molecular weight is 941 g/mol. The predicted molar refractivity (Wildman–Crippen MR) is 292 cm³/mol. The van der Waals surface area contributed by atoms with Crippen molar-refractivity contribution in [3.8, 4) is 0 Å². The van der Waals surface area contributed by atoms with E-state index in [1.807, 2.05) is 6.08 Å². The van der Waals surface area contributed by atoms with E-state index in [4.69, 9.17) is 4.74 Å². The molecule has 0 aliphatic heterocycles. The van der Waals surface area contributed by atoms with Gasteiger partial charge < -0.3 is 20.3 Å². The maximum Gasteiger partial charge on any atom is 0.305 e. The van der Waals surface area contributed by atoms with Crippen LogP contribution in [0.5, 0.6) is 0 Å². The Morgan fingerprint density at radius 1 is 0.418 bits per heavy atom. The van der Waals surface area contributed by atoms with Crippen LogP contribution in [0.15, 0.2) is 48.6 Å². The molecule has 2 atom stereocenters. The minimum absolute atomic E-state index is 0.00844. The second kappa shape index (κ2) is 56.4. The molecule has 0 aromatic heterocycles. The second-order valence-electron chi connectivity index (χ2n) is 20.0. The first-order chi connectivity index (χ1) is 33.0. The Morgan fingerprint density at radius 3 is 1.16 bits per heavy atom. The number of carbonyl (C=O) groups excluding carboxylic acids is 2. The molecule has 0 fully saturated rings. The monoisotopic (exact) mass is 940 g/mol. The van der Waals surface area contributed by atoms with E-state index in [0.29, 0.717) is 19.4 Å². The van der Waals surface area contributed by atoms with Gasteiger partial charge in [0.1, 0.15) is 0 Å². The summed E-state index contributed by atoms with van der Waals surface area (Å²) in [5, 5.41) is 23.1. The normalized spacial score (nSPS) is 13.0. The van der Waals surface area contributed by atoms with Crippen molar-refractivity contribution >= 4 is 11.9 Å². The summed E-state index contributed by atoms with van der Waals surface area (Å²) in [6.45, 7) is 4.87. The first-order valence-electron chi connectivity index (χ1n) is 29.4. The number of carbonyl (C=O) groups is 2. The molecule has 0 aliphatic rings. The first kappa shape index (κ1) is 64.8. The molecule has 0 bridgehead atoms. The first-order valence-corrected chi connectivity index (χ1v) is 29.4. The van der Waals surface area contributed by atoms with Crippen molar-refractivity contribution in [3.63, 3.8) is 0 Å². The number of rotatable bonds is 54. The van der Waals surface area contributed by atoms with Gasteiger partial charge in [-0.3, -0.25) is 9.59 Å². The number of hydrogen-bond acceptors (Lipinski definition) is 5. The van der Waals surface area contributed by atoms with E-state index in [9.17, 15) is 19.8 Å². The van der Waals surface area contributed by atoms with Gasteiger partial charge in [0.15, 0.2) is 0 Å². The quantitative estimate of drug-likeness (QED) is 0.0321. The lowest BCUT2D eigenvalue weighted by molar-refractivity contribution is -0.143. The van der Waals surface area contributed by atoms with E-state index < -0.39 is 12.1 Å². The van der Waals surface area contributed by atoms with Crippen LogP contribution in [0.3, 0.4) is 0 Å². The minimum atomic E-state index is -0.850. The fraction of sp³-hybridized carbons (Fsp3) is 0.836. The molecule has 0 aromatic carbocycles. The van der Waals surface area contributed by atoms with Gasteiger partial charge in [-0.25, -0.2) is 0 Å². The number of allylic oxidation sites excluding steroid dienone is 7. The summed E-state index contributed by atoms with van der Waals surface area (Å²) in [7, 11) is 0. The van der Waals surface area contributed by atoms with E-state index in [1.54, 1.807) is 6.08 Å². The van der Waals surface area contributed by atoms with Crippen LogP contribution in [0.4, 0.5) is 0 Å². The van der Waals surface area contributed by atoms with Gasteiger partial charge in [-0.1, -0.05) is 249 Å². The van der Waals surface area contributed by atoms with Gasteiger partial charge in [-0.05, 0) is 89.9 Å². The highest BCUT2D eigenvalue weighted by atomic mass is 16.5. The SMILES string of the molecule is CCCCCC/C=C\C/C=C\CCCCCCCC(=O)OCCCCCCCCCCC/C=C\CCCCCCCCCC(=O)NC(CO)C(O)/C=C/CCCCCCCCCCCCCC. The fourth-order valence-corrected chi connectivity index (χ4v) is 8.78. The van der Waals surface area contributed by atoms with E-state index in [2.05, 4.69) is 55.6 Å². The smallest absolute Gasteiger partial charge is 0.305 e. The number of nitrogens with one attached hydrogen (secondary N) is 1. The number of aliphatic hydroxyl groups excluding tert-OH is 2. The lowest BCUT2D eigenvalue weighted by atomic mass is 10.0. The number of esters is 1. The Labute approximate surface area is 416 Å². The molecule has 6 heteroatoms. The van der Waals surface area contributed by atoms with Gasteiger partial charge in [-0.15, -0.1) is 0 Å². The van der Waals surface area contributed by atoms with Crippen molar-refractivity contribution in [2.45, 2.75) is 315 Å². The molecule has 0 rings (SSSR count). The number of aliphatic hydroxyl groups is 2. The maximum absolute atomic E-state index is 12.4. The van der Waals surface area contributed by atoms with Crippen molar-refractivity contribution in [2.24, 2.45) is 0 Å². The Kier molecular flexibility index (Phi) is 54.6. The summed E-state index contributed by atoms with van der Waals surface area (Å²) >= 11 is 0. The zero-order chi connectivity index (χ0) is 48.6. The van der Waals surface area contributed by atoms with Gasteiger partial charge in [0, 0.05) is 12.8 Å². The van der Waals surface area contributed by atoms with Gasteiger partial charge >= 0.3 is 5.97 Å². The molecule has 0 spiro atoms. The third-order valence-corrected chi connectivity index (χ3v) is 13.3. The molecule has 392 valence electrons. The third kappa shape index (κ3) is 53.0. The standard InChI is InChI=1S/C61H113NO5/c1-3-5-7-9-11-13-15-17-19-27-31-35-39-43-47-51-55-61(66)67-56-52-48-44-40-36-32-28-25-23-21-20-22-24-26-30-34-38-42-46-50-54-60(65)62-58(57-63)59(64)53-49-45-41-37-33-29-18-16-14-12-10-8-6-4-2/h13,15,19-20,22,27,49,53,58-59,63-64H,3-12,14,16-18,21,23-26,28-48,50-52,54-57H2,1-2H3,(H,62,65)/b15-13-,22-20-,27-19-,53-49+. The van der Waals surface area contributed by atoms with Crippen molar-refractivity contribution < 1.29 is 24.5 Å². The molecule has 2 unspecified atom stereocenters. The highest BCUT2D eigenvalue weighted by Crippen LogP contribution is 2.16. The Hall–Kier alpha value is -2.18. The van der Waals surface area contributed by atoms with E-state index in [1.165, 1.54) is 218 Å². The Bertz CT molecular complexity index is 1130. The highest BCUT2D eigenvalue weighted by Gasteiger charge is 2.18. The minimum Gasteiger partial charge on any atom is -0.466 e. The number of ether oxygens (including phenoxy) is 1. The van der Waals surface area contributed by atoms with Crippen molar-refractivity contribution in [2.75, 3.05) is 13.2 Å². The van der Waals surface area contributed by atoms with Crippen LogP contribution in [0, 0.1) is 0 Å². The van der Waals surface area contributed by atoms with Crippen LogP contribution in [0.25, 0.3) is 0 Å². The molecule has 3 N–H and O–H groups in total. The predicted octanol–water partition coefficient (Wildman–Crippen LogP) is 18.2. The number of hydrogen-bond donors (Lipinski definition) is 3. The summed E-state index contributed by atoms with van der Waals surface area (Å²) in [4.78, 5) is 24.5. The fourth-order valence-electron chi connectivity index (χ4n) is 8.78. The molecular weight excluding hydrogens is 827 g/mol. The molecule has 0 aromatic rings. The highest BCUT2D eigenvalue weighted by molar-refractivity contribution is 5.76. The van der Waals surface area contributed by atoms with Crippen molar-refractivity contribution in [1.82, 2.24) is 5.32 Å². The van der Waals surface area contributed by atoms with Crippen LogP contribution in [-0.2, 0) is 14.3 Å². The molecule has 0 saturated carbocycles. The zero-order valence-corrected chi connectivity index (χ0v) is 44.6. The van der Waals surface area contributed by atoms with Crippen LogP contribution in [0.1, 0.15) is 303 Å². The van der Waals surface area contributed by atoms with Gasteiger partial charge in [0.05, 0.1) is 25.4 Å².